The van der Waals surface area contributed by atoms with Crippen molar-refractivity contribution in [2.24, 2.45) is 0 Å². The van der Waals surface area contributed by atoms with E-state index in [-0.39, 0.29) is 5.69 Å². The van der Waals surface area contributed by atoms with Gasteiger partial charge in [0.25, 0.3) is 0 Å². The highest BCUT2D eigenvalue weighted by Gasteiger charge is 2.11. The summed E-state index contributed by atoms with van der Waals surface area (Å²) in [5, 5.41) is 8.81. The third-order valence-electron chi connectivity index (χ3n) is 1.76. The van der Waals surface area contributed by atoms with Crippen molar-refractivity contribution in [3.8, 4) is 5.75 Å². The summed E-state index contributed by atoms with van der Waals surface area (Å²) in [6.07, 6.45) is 2.13. The second-order valence-corrected chi connectivity index (χ2v) is 3.21. The van der Waals surface area contributed by atoms with Crippen LogP contribution < -0.4 is 4.74 Å². The molecule has 15 heavy (non-hydrogen) atoms. The molecule has 0 aromatic carbocycles. The van der Waals surface area contributed by atoms with E-state index in [1.54, 1.807) is 12.1 Å². The SMILES string of the molecule is C=C(C)CCOc1cccnc1C(=O)O. The number of carboxylic acid groups (broad SMARTS) is 1. The van der Waals surface area contributed by atoms with Gasteiger partial charge in [-0.3, -0.25) is 0 Å². The van der Waals surface area contributed by atoms with Gasteiger partial charge in [-0.25, -0.2) is 9.78 Å². The van der Waals surface area contributed by atoms with Crippen LogP contribution in [0.4, 0.5) is 0 Å². The predicted octanol–water partition coefficient (Wildman–Crippen LogP) is 2.12. The summed E-state index contributed by atoms with van der Waals surface area (Å²) in [7, 11) is 0. The van der Waals surface area contributed by atoms with Crippen LogP contribution in [0, 0.1) is 0 Å². The van der Waals surface area contributed by atoms with Crippen molar-refractivity contribution < 1.29 is 14.6 Å². The third kappa shape index (κ3) is 3.42. The van der Waals surface area contributed by atoms with Crippen molar-refractivity contribution >= 4 is 5.97 Å². The van der Waals surface area contributed by atoms with E-state index in [1.807, 2.05) is 6.92 Å². The molecule has 1 N–H and O–H groups in total. The van der Waals surface area contributed by atoms with Crippen LogP contribution in [-0.2, 0) is 0 Å². The maximum absolute atomic E-state index is 10.8. The molecule has 0 amide bonds. The molecule has 0 fully saturated rings. The lowest BCUT2D eigenvalue weighted by Gasteiger charge is -2.07. The van der Waals surface area contributed by atoms with Gasteiger partial charge in [0.2, 0.25) is 0 Å². The number of hydrogen-bond acceptors (Lipinski definition) is 3. The van der Waals surface area contributed by atoms with E-state index in [0.29, 0.717) is 18.8 Å². The molecule has 0 bridgehead atoms. The predicted molar refractivity (Wildman–Crippen MR) is 56.1 cm³/mol. The van der Waals surface area contributed by atoms with E-state index >= 15 is 0 Å². The molecule has 1 aromatic rings. The molecule has 1 aromatic heterocycles. The molecule has 4 nitrogen and oxygen atoms in total. The third-order valence-corrected chi connectivity index (χ3v) is 1.76. The van der Waals surface area contributed by atoms with Gasteiger partial charge in [-0.05, 0) is 19.1 Å². The summed E-state index contributed by atoms with van der Waals surface area (Å²) in [5.41, 5.74) is 0.940. The molecule has 0 aliphatic heterocycles. The van der Waals surface area contributed by atoms with Crippen LogP contribution in [0.1, 0.15) is 23.8 Å². The van der Waals surface area contributed by atoms with Crippen molar-refractivity contribution in [1.29, 1.82) is 0 Å². The quantitative estimate of drug-likeness (QED) is 0.751. The molecule has 0 saturated carbocycles. The zero-order valence-corrected chi connectivity index (χ0v) is 8.56. The molecule has 0 unspecified atom stereocenters. The molecule has 0 radical (unpaired) electrons. The monoisotopic (exact) mass is 207 g/mol. The van der Waals surface area contributed by atoms with Gasteiger partial charge in [-0.15, -0.1) is 6.58 Å². The Labute approximate surface area is 88.2 Å². The number of hydrogen-bond donors (Lipinski definition) is 1. The number of aromatic carboxylic acids is 1. The molecule has 4 heteroatoms. The summed E-state index contributed by atoms with van der Waals surface area (Å²) >= 11 is 0. The van der Waals surface area contributed by atoms with Gasteiger partial charge in [0, 0.05) is 12.6 Å². The van der Waals surface area contributed by atoms with Crippen molar-refractivity contribution in [3.05, 3.63) is 36.2 Å². The van der Waals surface area contributed by atoms with E-state index in [1.165, 1.54) is 6.20 Å². The van der Waals surface area contributed by atoms with Crippen LogP contribution in [0.3, 0.4) is 0 Å². The van der Waals surface area contributed by atoms with Crippen molar-refractivity contribution in [2.75, 3.05) is 6.61 Å². The Morgan fingerprint density at radius 3 is 3.00 bits per heavy atom. The van der Waals surface area contributed by atoms with Crippen LogP contribution >= 0.6 is 0 Å². The Hall–Kier alpha value is -1.84. The summed E-state index contributed by atoms with van der Waals surface area (Å²) < 4.78 is 5.31. The maximum Gasteiger partial charge on any atom is 0.358 e. The fourth-order valence-electron chi connectivity index (χ4n) is 1.00. The molecule has 0 spiro atoms. The van der Waals surface area contributed by atoms with Crippen LogP contribution in [-0.4, -0.2) is 22.7 Å². The van der Waals surface area contributed by atoms with Crippen LogP contribution in [0.5, 0.6) is 5.75 Å². The molecule has 1 rings (SSSR count). The molecule has 80 valence electrons. The van der Waals surface area contributed by atoms with E-state index in [9.17, 15) is 4.79 Å². The first-order valence-electron chi connectivity index (χ1n) is 4.56. The Bertz CT molecular complexity index is 374. The van der Waals surface area contributed by atoms with Crippen molar-refractivity contribution in [1.82, 2.24) is 4.98 Å². The Kier molecular flexibility index (Phi) is 3.85. The lowest BCUT2D eigenvalue weighted by Crippen LogP contribution is -2.06. The van der Waals surface area contributed by atoms with Gasteiger partial charge in [0.1, 0.15) is 0 Å². The van der Waals surface area contributed by atoms with E-state index in [0.717, 1.165) is 5.57 Å². The number of rotatable bonds is 5. The standard InChI is InChI=1S/C11H13NO3/c1-8(2)5-7-15-9-4-3-6-12-10(9)11(13)14/h3-4,6H,1,5,7H2,2H3,(H,13,14). The molecule has 0 aliphatic carbocycles. The first kappa shape index (κ1) is 11.2. The molecule has 0 saturated heterocycles. The Morgan fingerprint density at radius 2 is 2.40 bits per heavy atom. The van der Waals surface area contributed by atoms with Gasteiger partial charge >= 0.3 is 5.97 Å². The smallest absolute Gasteiger partial charge is 0.358 e. The van der Waals surface area contributed by atoms with Crippen LogP contribution in [0.2, 0.25) is 0 Å². The molecule has 1 heterocycles. The maximum atomic E-state index is 10.8. The highest BCUT2D eigenvalue weighted by atomic mass is 16.5. The highest BCUT2D eigenvalue weighted by molar-refractivity contribution is 5.88. The van der Waals surface area contributed by atoms with Crippen LogP contribution in [0.15, 0.2) is 30.5 Å². The van der Waals surface area contributed by atoms with E-state index in [4.69, 9.17) is 9.84 Å². The normalized spacial score (nSPS) is 9.67. The minimum absolute atomic E-state index is 0.0563. The number of pyridine rings is 1. The molecule has 0 aliphatic rings. The molecular formula is C11H13NO3. The zero-order valence-electron chi connectivity index (χ0n) is 8.56. The summed E-state index contributed by atoms with van der Waals surface area (Å²) in [6, 6.07) is 3.23. The summed E-state index contributed by atoms with van der Waals surface area (Å²) in [5.74, 6) is -0.785. The van der Waals surface area contributed by atoms with E-state index in [2.05, 4.69) is 11.6 Å². The minimum atomic E-state index is -1.08. The topological polar surface area (TPSA) is 59.4 Å². The number of aromatic nitrogens is 1. The molecule has 0 atom stereocenters. The van der Waals surface area contributed by atoms with Crippen LogP contribution in [0.25, 0.3) is 0 Å². The van der Waals surface area contributed by atoms with Gasteiger partial charge < -0.3 is 9.84 Å². The fourth-order valence-corrected chi connectivity index (χ4v) is 1.00. The largest absolute Gasteiger partial charge is 0.491 e. The van der Waals surface area contributed by atoms with Gasteiger partial charge in [0.05, 0.1) is 6.61 Å². The number of nitrogens with zero attached hydrogens (tertiary/aromatic N) is 1. The number of carboxylic acids is 1. The average Bonchev–Trinajstić information content (AvgIpc) is 2.17. The van der Waals surface area contributed by atoms with Crippen molar-refractivity contribution in [2.45, 2.75) is 13.3 Å². The summed E-state index contributed by atoms with van der Waals surface area (Å²) in [4.78, 5) is 14.5. The number of carbonyl (C=O) groups is 1. The highest BCUT2D eigenvalue weighted by Crippen LogP contribution is 2.15. The van der Waals surface area contributed by atoms with E-state index < -0.39 is 5.97 Å². The Morgan fingerprint density at radius 1 is 1.67 bits per heavy atom. The first-order chi connectivity index (χ1) is 7.11. The second kappa shape index (κ2) is 5.14. The van der Waals surface area contributed by atoms with Gasteiger partial charge in [-0.1, -0.05) is 5.57 Å². The first-order valence-corrected chi connectivity index (χ1v) is 4.56. The second-order valence-electron chi connectivity index (χ2n) is 3.21. The summed E-state index contributed by atoms with van der Waals surface area (Å²) in [6.45, 7) is 6.04. The lowest BCUT2D eigenvalue weighted by molar-refractivity contribution is 0.0685. The fraction of sp³-hybridized carbons (Fsp3) is 0.273. The van der Waals surface area contributed by atoms with Crippen molar-refractivity contribution in [3.63, 3.8) is 0 Å². The van der Waals surface area contributed by atoms with Gasteiger partial charge in [0.15, 0.2) is 11.4 Å². The van der Waals surface area contributed by atoms with Gasteiger partial charge in [-0.2, -0.15) is 0 Å². The Balaban J connectivity index is 2.67. The molecular weight excluding hydrogens is 194 g/mol. The average molecular weight is 207 g/mol. The minimum Gasteiger partial charge on any atom is -0.491 e. The zero-order chi connectivity index (χ0) is 11.3. The lowest BCUT2D eigenvalue weighted by atomic mass is 10.2. The number of ether oxygens (including phenoxy) is 1.